The van der Waals surface area contributed by atoms with Crippen molar-refractivity contribution in [2.45, 2.75) is 6.92 Å². The Morgan fingerprint density at radius 1 is 1.36 bits per heavy atom. The number of nitriles is 1. The second-order valence-corrected chi connectivity index (χ2v) is 3.53. The molecule has 0 saturated carbocycles. The van der Waals surface area contributed by atoms with Crippen LogP contribution in [0.2, 0.25) is 5.02 Å². The molecule has 0 saturated heterocycles. The zero-order valence-corrected chi connectivity index (χ0v) is 8.34. The Balaban J connectivity index is 2.90. The van der Waals surface area contributed by atoms with E-state index in [1.54, 1.807) is 6.07 Å². The maximum absolute atomic E-state index is 8.90. The van der Waals surface area contributed by atoms with Crippen molar-refractivity contribution in [3.8, 4) is 6.07 Å². The van der Waals surface area contributed by atoms with Crippen LogP contribution in [0.25, 0.3) is 10.8 Å². The maximum atomic E-state index is 8.90. The lowest BCUT2D eigenvalue weighted by Crippen LogP contribution is -1.88. The van der Waals surface area contributed by atoms with Crippen molar-refractivity contribution in [3.63, 3.8) is 0 Å². The Hall–Kier alpha value is -1.59. The third-order valence-electron chi connectivity index (χ3n) is 2.03. The van der Waals surface area contributed by atoms with Crippen molar-refractivity contribution in [3.05, 3.63) is 40.7 Å². The second kappa shape index (κ2) is 3.28. The van der Waals surface area contributed by atoms with Gasteiger partial charge in [-0.25, -0.2) is 4.98 Å². The molecule has 1 aromatic heterocycles. The van der Waals surface area contributed by atoms with Crippen LogP contribution in [-0.4, -0.2) is 4.98 Å². The fraction of sp³-hybridized carbons (Fsp3) is 0.0909. The molecule has 14 heavy (non-hydrogen) atoms. The van der Waals surface area contributed by atoms with Gasteiger partial charge in [0.15, 0.2) is 0 Å². The van der Waals surface area contributed by atoms with Gasteiger partial charge < -0.3 is 0 Å². The molecular weight excluding hydrogens is 196 g/mol. The topological polar surface area (TPSA) is 36.7 Å². The van der Waals surface area contributed by atoms with Crippen molar-refractivity contribution in [1.29, 1.82) is 5.26 Å². The van der Waals surface area contributed by atoms with E-state index in [-0.39, 0.29) is 0 Å². The average Bonchev–Trinajstić information content (AvgIpc) is 2.17. The number of pyridine rings is 1. The summed E-state index contributed by atoms with van der Waals surface area (Å²) in [7, 11) is 0. The van der Waals surface area contributed by atoms with Crippen LogP contribution in [-0.2, 0) is 0 Å². The number of fused-ring (bicyclic) bond motifs is 1. The van der Waals surface area contributed by atoms with Gasteiger partial charge in [-0.3, -0.25) is 0 Å². The summed E-state index contributed by atoms with van der Waals surface area (Å²) in [6.07, 6.45) is 0. The minimum absolute atomic E-state index is 0.433. The highest BCUT2D eigenvalue weighted by Crippen LogP contribution is 2.22. The molecule has 0 fully saturated rings. The predicted molar refractivity (Wildman–Crippen MR) is 56.2 cm³/mol. The summed E-state index contributed by atoms with van der Waals surface area (Å²) in [4.78, 5) is 4.14. The first-order valence-electron chi connectivity index (χ1n) is 4.18. The fourth-order valence-electron chi connectivity index (χ4n) is 1.44. The monoisotopic (exact) mass is 202 g/mol. The number of rotatable bonds is 0. The minimum atomic E-state index is 0.433. The third-order valence-corrected chi connectivity index (χ3v) is 2.26. The highest BCUT2D eigenvalue weighted by Gasteiger charge is 2.03. The van der Waals surface area contributed by atoms with E-state index >= 15 is 0 Å². The van der Waals surface area contributed by atoms with Gasteiger partial charge in [0.05, 0.1) is 0 Å². The van der Waals surface area contributed by atoms with E-state index in [9.17, 15) is 0 Å². The third kappa shape index (κ3) is 1.43. The largest absolute Gasteiger partial charge is 0.242 e. The standard InChI is InChI=1S/C11H7ClN2/c1-7-4-8-2-3-9(12)5-10(8)11(6-13)14-7/h2-5H,1H3. The minimum Gasteiger partial charge on any atom is -0.242 e. The second-order valence-electron chi connectivity index (χ2n) is 3.09. The summed E-state index contributed by atoms with van der Waals surface area (Å²) in [6.45, 7) is 1.87. The molecule has 68 valence electrons. The first-order valence-corrected chi connectivity index (χ1v) is 4.55. The Labute approximate surface area is 86.8 Å². The summed E-state index contributed by atoms with van der Waals surface area (Å²) >= 11 is 5.85. The van der Waals surface area contributed by atoms with E-state index in [2.05, 4.69) is 11.1 Å². The number of halogens is 1. The molecule has 0 radical (unpaired) electrons. The van der Waals surface area contributed by atoms with Crippen LogP contribution in [0.3, 0.4) is 0 Å². The summed E-state index contributed by atoms with van der Waals surface area (Å²) in [6, 6.07) is 9.48. The van der Waals surface area contributed by atoms with Gasteiger partial charge in [0.2, 0.25) is 0 Å². The highest BCUT2D eigenvalue weighted by molar-refractivity contribution is 6.31. The molecule has 1 aromatic carbocycles. The van der Waals surface area contributed by atoms with Crippen LogP contribution < -0.4 is 0 Å². The van der Waals surface area contributed by atoms with Crippen LogP contribution in [0.4, 0.5) is 0 Å². The lowest BCUT2D eigenvalue weighted by molar-refractivity contribution is 1.19. The molecular formula is C11H7ClN2. The molecule has 0 aliphatic carbocycles. The molecule has 0 unspecified atom stereocenters. The molecule has 0 amide bonds. The van der Waals surface area contributed by atoms with E-state index in [0.29, 0.717) is 10.7 Å². The smallest absolute Gasteiger partial charge is 0.148 e. The zero-order chi connectivity index (χ0) is 10.1. The van der Waals surface area contributed by atoms with Gasteiger partial charge in [0, 0.05) is 16.1 Å². The number of hydrogen-bond donors (Lipinski definition) is 0. The average molecular weight is 203 g/mol. The number of aromatic nitrogens is 1. The van der Waals surface area contributed by atoms with E-state index in [1.165, 1.54) is 0 Å². The fourth-order valence-corrected chi connectivity index (χ4v) is 1.61. The molecule has 0 aliphatic heterocycles. The quantitative estimate of drug-likeness (QED) is 0.658. The predicted octanol–water partition coefficient (Wildman–Crippen LogP) is 3.07. The Morgan fingerprint density at radius 2 is 2.14 bits per heavy atom. The van der Waals surface area contributed by atoms with E-state index in [1.807, 2.05) is 25.1 Å². The lowest BCUT2D eigenvalue weighted by Gasteiger charge is -2.01. The Bertz CT molecular complexity index is 541. The van der Waals surface area contributed by atoms with Gasteiger partial charge >= 0.3 is 0 Å². The summed E-state index contributed by atoms with van der Waals surface area (Å²) in [5.41, 5.74) is 1.28. The normalized spacial score (nSPS) is 10.1. The van der Waals surface area contributed by atoms with Crippen molar-refractivity contribution in [1.82, 2.24) is 4.98 Å². The number of hydrogen-bond acceptors (Lipinski definition) is 2. The van der Waals surface area contributed by atoms with Gasteiger partial charge in [0.25, 0.3) is 0 Å². The van der Waals surface area contributed by atoms with Crippen LogP contribution >= 0.6 is 11.6 Å². The van der Waals surface area contributed by atoms with Gasteiger partial charge in [-0.2, -0.15) is 5.26 Å². The van der Waals surface area contributed by atoms with E-state index in [0.717, 1.165) is 16.5 Å². The molecule has 2 aromatic rings. The Kier molecular flexibility index (Phi) is 2.11. The zero-order valence-electron chi connectivity index (χ0n) is 7.58. The van der Waals surface area contributed by atoms with Crippen molar-refractivity contribution < 1.29 is 0 Å². The number of nitrogens with zero attached hydrogens (tertiary/aromatic N) is 2. The first-order chi connectivity index (χ1) is 6.70. The Morgan fingerprint density at radius 3 is 2.86 bits per heavy atom. The van der Waals surface area contributed by atoms with Gasteiger partial charge in [-0.1, -0.05) is 17.7 Å². The van der Waals surface area contributed by atoms with Crippen LogP contribution in [0.1, 0.15) is 11.4 Å². The molecule has 3 heteroatoms. The molecule has 0 bridgehead atoms. The number of aryl methyl sites for hydroxylation is 1. The molecule has 0 N–H and O–H groups in total. The molecule has 0 atom stereocenters. The van der Waals surface area contributed by atoms with E-state index < -0.39 is 0 Å². The van der Waals surface area contributed by atoms with Crippen LogP contribution in [0.5, 0.6) is 0 Å². The maximum Gasteiger partial charge on any atom is 0.148 e. The van der Waals surface area contributed by atoms with Crippen LogP contribution in [0, 0.1) is 18.3 Å². The van der Waals surface area contributed by atoms with Gasteiger partial charge in [-0.05, 0) is 30.5 Å². The van der Waals surface area contributed by atoms with Crippen LogP contribution in [0.15, 0.2) is 24.3 Å². The molecule has 1 heterocycles. The molecule has 0 aliphatic rings. The summed E-state index contributed by atoms with van der Waals surface area (Å²) in [5.74, 6) is 0. The number of benzene rings is 1. The van der Waals surface area contributed by atoms with Crippen molar-refractivity contribution in [2.24, 2.45) is 0 Å². The van der Waals surface area contributed by atoms with Crippen molar-refractivity contribution in [2.75, 3.05) is 0 Å². The summed E-state index contributed by atoms with van der Waals surface area (Å²) < 4.78 is 0. The highest BCUT2D eigenvalue weighted by atomic mass is 35.5. The SMILES string of the molecule is Cc1cc2ccc(Cl)cc2c(C#N)n1. The van der Waals surface area contributed by atoms with Gasteiger partial charge in [0.1, 0.15) is 11.8 Å². The van der Waals surface area contributed by atoms with Gasteiger partial charge in [-0.15, -0.1) is 0 Å². The molecule has 0 spiro atoms. The first kappa shape index (κ1) is 8.98. The molecule has 2 nitrogen and oxygen atoms in total. The molecule has 2 rings (SSSR count). The lowest BCUT2D eigenvalue weighted by atomic mass is 10.1. The summed E-state index contributed by atoms with van der Waals surface area (Å²) in [5, 5.41) is 11.3. The van der Waals surface area contributed by atoms with Crippen molar-refractivity contribution >= 4 is 22.4 Å². The van der Waals surface area contributed by atoms with E-state index in [4.69, 9.17) is 16.9 Å².